The molecule has 4 rings (SSSR count). The molecular weight excluding hydrogens is 514 g/mol. The number of pyridine rings is 1. The summed E-state index contributed by atoms with van der Waals surface area (Å²) in [4.78, 5) is 35.1. The second kappa shape index (κ2) is 11.7. The molecule has 2 aromatic rings. The quantitative estimate of drug-likeness (QED) is 0.545. The molecule has 2 aliphatic rings. The molecule has 208 valence electrons. The van der Waals surface area contributed by atoms with Gasteiger partial charge in [-0.2, -0.15) is 5.26 Å². The number of nitriles is 1. The smallest absolute Gasteiger partial charge is 0.252 e. The fourth-order valence-corrected chi connectivity index (χ4v) is 6.75. The van der Waals surface area contributed by atoms with Crippen LogP contribution in [0.15, 0.2) is 48.8 Å². The van der Waals surface area contributed by atoms with Gasteiger partial charge in [0.2, 0.25) is 5.91 Å². The van der Waals surface area contributed by atoms with E-state index in [1.165, 1.54) is 9.80 Å². The SMILES string of the molecule is CC(C)(C)c1ccc(N(C(=O)C2CS(=O)(=O)CCN2C#N)C(C(=O)NC2CCCCC2)c2cccnc2)cc1. The summed E-state index contributed by atoms with van der Waals surface area (Å²) in [5.41, 5.74) is 1.86. The van der Waals surface area contributed by atoms with Crippen molar-refractivity contribution in [1.29, 1.82) is 5.26 Å². The standard InChI is InChI=1S/C29H37N5O4S/c1-29(2,3)22-11-13-24(14-12-22)34(28(36)25-19-39(37,38)17-16-33(25)20-30)26(21-8-7-15-31-18-21)27(35)32-23-9-5-4-6-10-23/h7-8,11-15,18,23,25-26H,4-6,9-10,16-17,19H2,1-3H3,(H,32,35). The summed E-state index contributed by atoms with van der Waals surface area (Å²) in [7, 11) is -3.55. The van der Waals surface area contributed by atoms with E-state index in [2.05, 4.69) is 31.1 Å². The predicted octanol–water partition coefficient (Wildman–Crippen LogP) is 3.48. The topological polar surface area (TPSA) is 123 Å². The number of anilines is 1. The first-order valence-electron chi connectivity index (χ1n) is 13.5. The molecule has 1 aliphatic heterocycles. The number of carbonyl (C=O) groups is 2. The minimum absolute atomic E-state index is 0.00342. The zero-order valence-corrected chi connectivity index (χ0v) is 23.7. The zero-order valence-electron chi connectivity index (χ0n) is 22.8. The van der Waals surface area contributed by atoms with Crippen molar-refractivity contribution in [2.24, 2.45) is 0 Å². The summed E-state index contributed by atoms with van der Waals surface area (Å²) in [6, 6.07) is 8.49. The lowest BCUT2D eigenvalue weighted by Crippen LogP contribution is -2.57. The van der Waals surface area contributed by atoms with Crippen LogP contribution in [0.4, 0.5) is 5.69 Å². The molecule has 2 fully saturated rings. The molecule has 2 unspecified atom stereocenters. The van der Waals surface area contributed by atoms with Crippen molar-refractivity contribution in [1.82, 2.24) is 15.2 Å². The van der Waals surface area contributed by atoms with Crippen LogP contribution in [0.5, 0.6) is 0 Å². The number of rotatable bonds is 6. The maximum absolute atomic E-state index is 14.3. The van der Waals surface area contributed by atoms with Gasteiger partial charge in [-0.25, -0.2) is 8.42 Å². The zero-order chi connectivity index (χ0) is 28.2. The average Bonchev–Trinajstić information content (AvgIpc) is 2.91. The molecule has 0 radical (unpaired) electrons. The van der Waals surface area contributed by atoms with Crippen molar-refractivity contribution < 1.29 is 18.0 Å². The molecule has 1 aromatic heterocycles. The minimum atomic E-state index is -3.55. The van der Waals surface area contributed by atoms with E-state index in [-0.39, 0.29) is 29.7 Å². The van der Waals surface area contributed by atoms with Gasteiger partial charge in [-0.15, -0.1) is 0 Å². The predicted molar refractivity (Wildman–Crippen MR) is 149 cm³/mol. The Morgan fingerprint density at radius 3 is 2.41 bits per heavy atom. The molecule has 1 aliphatic carbocycles. The highest BCUT2D eigenvalue weighted by Crippen LogP contribution is 2.33. The number of nitrogens with zero attached hydrogens (tertiary/aromatic N) is 4. The van der Waals surface area contributed by atoms with Crippen LogP contribution in [0.3, 0.4) is 0 Å². The third-order valence-electron chi connectivity index (χ3n) is 7.55. The van der Waals surface area contributed by atoms with Crippen molar-refractivity contribution in [2.45, 2.75) is 76.4 Å². The Bertz CT molecular complexity index is 1310. The summed E-state index contributed by atoms with van der Waals surface area (Å²) in [6.07, 6.45) is 10.0. The third kappa shape index (κ3) is 6.77. The summed E-state index contributed by atoms with van der Waals surface area (Å²) in [5.74, 6) is -1.65. The van der Waals surface area contributed by atoms with Crippen LogP contribution < -0.4 is 10.2 Å². The molecule has 1 aromatic carbocycles. The first-order chi connectivity index (χ1) is 18.5. The third-order valence-corrected chi connectivity index (χ3v) is 9.18. The summed E-state index contributed by atoms with van der Waals surface area (Å²) < 4.78 is 25.2. The van der Waals surface area contributed by atoms with Gasteiger partial charge >= 0.3 is 0 Å². The fourth-order valence-electron chi connectivity index (χ4n) is 5.30. The van der Waals surface area contributed by atoms with E-state index in [0.29, 0.717) is 11.3 Å². The normalized spacial score (nSPS) is 20.5. The molecule has 2 atom stereocenters. The Labute approximate surface area is 231 Å². The van der Waals surface area contributed by atoms with Crippen LogP contribution >= 0.6 is 0 Å². The van der Waals surface area contributed by atoms with E-state index < -0.39 is 33.6 Å². The number of carbonyl (C=O) groups excluding carboxylic acids is 2. The van der Waals surface area contributed by atoms with Crippen LogP contribution in [0, 0.1) is 11.5 Å². The monoisotopic (exact) mass is 551 g/mol. The summed E-state index contributed by atoms with van der Waals surface area (Å²) in [5, 5.41) is 12.9. The molecule has 10 heteroatoms. The number of amides is 2. The van der Waals surface area contributed by atoms with Crippen LogP contribution in [0.2, 0.25) is 0 Å². The summed E-state index contributed by atoms with van der Waals surface area (Å²) >= 11 is 0. The molecule has 2 heterocycles. The summed E-state index contributed by atoms with van der Waals surface area (Å²) in [6.45, 7) is 6.17. The first-order valence-corrected chi connectivity index (χ1v) is 15.3. The van der Waals surface area contributed by atoms with Gasteiger partial charge in [0.05, 0.1) is 11.5 Å². The molecule has 9 nitrogen and oxygen atoms in total. The molecule has 1 N–H and O–H groups in total. The van der Waals surface area contributed by atoms with Crippen LogP contribution in [-0.2, 0) is 24.8 Å². The second-order valence-electron chi connectivity index (χ2n) is 11.5. The molecule has 1 saturated heterocycles. The minimum Gasteiger partial charge on any atom is -0.351 e. The average molecular weight is 552 g/mol. The van der Waals surface area contributed by atoms with Gasteiger partial charge in [0.1, 0.15) is 12.1 Å². The van der Waals surface area contributed by atoms with Crippen molar-refractivity contribution in [3.8, 4) is 6.19 Å². The van der Waals surface area contributed by atoms with Crippen LogP contribution in [0.25, 0.3) is 0 Å². The van der Waals surface area contributed by atoms with E-state index in [4.69, 9.17) is 0 Å². The number of hydrogen-bond acceptors (Lipinski definition) is 7. The van der Waals surface area contributed by atoms with Gasteiger partial charge in [-0.05, 0) is 42.0 Å². The molecule has 0 spiro atoms. The maximum Gasteiger partial charge on any atom is 0.252 e. The van der Waals surface area contributed by atoms with E-state index in [0.717, 1.165) is 37.7 Å². The first kappa shape index (κ1) is 28.6. The Balaban J connectivity index is 1.82. The Morgan fingerprint density at radius 1 is 1.13 bits per heavy atom. The van der Waals surface area contributed by atoms with Crippen molar-refractivity contribution in [3.63, 3.8) is 0 Å². The highest BCUT2D eigenvalue weighted by Gasteiger charge is 2.43. The van der Waals surface area contributed by atoms with E-state index in [1.54, 1.807) is 36.7 Å². The van der Waals surface area contributed by atoms with Gasteiger partial charge in [-0.1, -0.05) is 58.2 Å². The molecule has 1 saturated carbocycles. The fraction of sp³-hybridized carbons (Fsp3) is 0.517. The number of benzene rings is 1. The number of hydrogen-bond donors (Lipinski definition) is 1. The van der Waals surface area contributed by atoms with Gasteiger partial charge in [0.15, 0.2) is 16.0 Å². The van der Waals surface area contributed by atoms with Crippen molar-refractivity contribution in [2.75, 3.05) is 23.0 Å². The second-order valence-corrected chi connectivity index (χ2v) is 13.7. The lowest BCUT2D eigenvalue weighted by molar-refractivity contribution is -0.128. The molecule has 2 amide bonds. The molecule has 0 bridgehead atoms. The van der Waals surface area contributed by atoms with Gasteiger partial charge in [0, 0.05) is 36.2 Å². The van der Waals surface area contributed by atoms with Crippen LogP contribution in [-0.4, -0.2) is 60.3 Å². The van der Waals surface area contributed by atoms with Crippen molar-refractivity contribution in [3.05, 3.63) is 59.9 Å². The number of nitrogens with one attached hydrogen (secondary N) is 1. The Kier molecular flexibility index (Phi) is 8.60. The van der Waals surface area contributed by atoms with Gasteiger partial charge in [0.25, 0.3) is 5.91 Å². The van der Waals surface area contributed by atoms with E-state index in [1.807, 2.05) is 18.3 Å². The molecular formula is C29H37N5O4S. The highest BCUT2D eigenvalue weighted by molar-refractivity contribution is 7.91. The largest absolute Gasteiger partial charge is 0.351 e. The lowest BCUT2D eigenvalue weighted by atomic mass is 9.87. The van der Waals surface area contributed by atoms with Gasteiger partial charge < -0.3 is 5.32 Å². The number of aromatic nitrogens is 1. The van der Waals surface area contributed by atoms with Gasteiger partial charge in [-0.3, -0.25) is 24.4 Å². The maximum atomic E-state index is 14.3. The highest BCUT2D eigenvalue weighted by atomic mass is 32.2. The van der Waals surface area contributed by atoms with E-state index >= 15 is 0 Å². The Morgan fingerprint density at radius 2 is 1.82 bits per heavy atom. The van der Waals surface area contributed by atoms with Crippen molar-refractivity contribution >= 4 is 27.3 Å². The van der Waals surface area contributed by atoms with Crippen LogP contribution in [0.1, 0.15) is 70.0 Å². The Hall–Kier alpha value is -3.45. The van der Waals surface area contributed by atoms with E-state index in [9.17, 15) is 23.3 Å². The molecule has 39 heavy (non-hydrogen) atoms. The lowest BCUT2D eigenvalue weighted by Gasteiger charge is -2.38. The number of sulfone groups is 1.